The summed E-state index contributed by atoms with van der Waals surface area (Å²) in [4.78, 5) is 18.8. The summed E-state index contributed by atoms with van der Waals surface area (Å²) in [5.41, 5.74) is 0.498. The Morgan fingerprint density at radius 1 is 1.22 bits per heavy atom. The molecule has 2 unspecified atom stereocenters. The summed E-state index contributed by atoms with van der Waals surface area (Å²) in [5, 5.41) is 11.7. The first-order valence-electron chi connectivity index (χ1n) is 9.35. The van der Waals surface area contributed by atoms with Gasteiger partial charge in [0.2, 0.25) is 5.91 Å². The summed E-state index contributed by atoms with van der Waals surface area (Å²) in [6.45, 7) is 1.32. The molecule has 1 saturated carbocycles. The van der Waals surface area contributed by atoms with Crippen molar-refractivity contribution in [3.05, 3.63) is 23.9 Å². The minimum atomic E-state index is -4.18. The zero-order valence-electron chi connectivity index (χ0n) is 15.0. The number of nitrogens with one attached hydrogen (secondary N) is 1. The highest BCUT2D eigenvalue weighted by Gasteiger charge is 2.42. The van der Waals surface area contributed by atoms with Crippen molar-refractivity contribution in [1.82, 2.24) is 10.3 Å². The molecule has 2 fully saturated rings. The molecule has 1 aliphatic carbocycles. The Morgan fingerprint density at radius 3 is 2.56 bits per heavy atom. The Kier molecular flexibility index (Phi) is 5.88. The molecule has 1 aromatic heterocycles. The molecule has 8 heteroatoms. The average Bonchev–Trinajstić information content (AvgIpc) is 2.68. The highest BCUT2D eigenvalue weighted by Crippen LogP contribution is 2.37. The highest BCUT2D eigenvalue weighted by molar-refractivity contribution is 5.79. The van der Waals surface area contributed by atoms with Gasteiger partial charge >= 0.3 is 6.18 Å². The van der Waals surface area contributed by atoms with Crippen molar-refractivity contribution in [3.8, 4) is 6.07 Å². The maximum atomic E-state index is 12.9. The van der Waals surface area contributed by atoms with E-state index < -0.39 is 12.1 Å². The van der Waals surface area contributed by atoms with Gasteiger partial charge in [-0.05, 0) is 44.2 Å². The predicted octanol–water partition coefficient (Wildman–Crippen LogP) is 3.41. The van der Waals surface area contributed by atoms with Gasteiger partial charge in [0.1, 0.15) is 11.9 Å². The Hall–Kier alpha value is -2.30. The number of nitriles is 1. The molecule has 0 spiro atoms. The van der Waals surface area contributed by atoms with E-state index in [1.54, 1.807) is 12.1 Å². The minimum absolute atomic E-state index is 0.0107. The maximum absolute atomic E-state index is 12.9. The summed E-state index contributed by atoms with van der Waals surface area (Å²) >= 11 is 0. The minimum Gasteiger partial charge on any atom is -0.357 e. The molecule has 146 valence electrons. The third-order valence-electron chi connectivity index (χ3n) is 5.55. The molecule has 1 amide bonds. The number of piperidine rings is 1. The fourth-order valence-electron chi connectivity index (χ4n) is 3.95. The number of halogens is 3. The first-order valence-corrected chi connectivity index (χ1v) is 9.35. The summed E-state index contributed by atoms with van der Waals surface area (Å²) in [6.07, 6.45) is -0.109. The Morgan fingerprint density at radius 2 is 1.96 bits per heavy atom. The molecule has 1 aromatic rings. The van der Waals surface area contributed by atoms with E-state index in [4.69, 9.17) is 5.26 Å². The molecule has 27 heavy (non-hydrogen) atoms. The van der Waals surface area contributed by atoms with Crippen molar-refractivity contribution >= 4 is 11.7 Å². The molecular weight excluding hydrogens is 357 g/mol. The van der Waals surface area contributed by atoms with Gasteiger partial charge in [0.25, 0.3) is 0 Å². The largest absolute Gasteiger partial charge is 0.391 e. The summed E-state index contributed by atoms with van der Waals surface area (Å²) in [6, 6.07) is 5.15. The fourth-order valence-corrected chi connectivity index (χ4v) is 3.95. The van der Waals surface area contributed by atoms with Crippen LogP contribution in [0, 0.1) is 23.2 Å². The number of anilines is 1. The number of carbonyl (C=O) groups excluding carboxylic acids is 1. The van der Waals surface area contributed by atoms with Crippen molar-refractivity contribution in [2.45, 2.75) is 50.7 Å². The lowest BCUT2D eigenvalue weighted by molar-refractivity contribution is -0.184. The second-order valence-electron chi connectivity index (χ2n) is 7.39. The normalized spacial score (nSPS) is 24.3. The molecule has 1 aliphatic heterocycles. The molecular formula is C19H23F3N4O. The maximum Gasteiger partial charge on any atom is 0.391 e. The van der Waals surface area contributed by atoms with E-state index in [-0.39, 0.29) is 30.7 Å². The van der Waals surface area contributed by atoms with E-state index >= 15 is 0 Å². The molecule has 3 rings (SSSR count). The molecule has 5 nitrogen and oxygen atoms in total. The molecule has 1 N–H and O–H groups in total. The number of hydrogen-bond donors (Lipinski definition) is 1. The lowest BCUT2D eigenvalue weighted by Gasteiger charge is -2.35. The van der Waals surface area contributed by atoms with Crippen LogP contribution in [-0.4, -0.2) is 36.2 Å². The number of aromatic nitrogens is 1. The van der Waals surface area contributed by atoms with Crippen LogP contribution >= 0.6 is 0 Å². The highest BCUT2D eigenvalue weighted by atomic mass is 19.4. The van der Waals surface area contributed by atoms with Crippen LogP contribution in [0.2, 0.25) is 0 Å². The van der Waals surface area contributed by atoms with Crippen molar-refractivity contribution < 1.29 is 18.0 Å². The molecule has 0 bridgehead atoms. The number of hydrogen-bond acceptors (Lipinski definition) is 4. The Bertz CT molecular complexity index is 690. The molecule has 0 aromatic carbocycles. The van der Waals surface area contributed by atoms with E-state index in [0.29, 0.717) is 44.3 Å². The van der Waals surface area contributed by atoms with Crippen LogP contribution in [0.3, 0.4) is 0 Å². The van der Waals surface area contributed by atoms with Crippen LogP contribution in [-0.2, 0) is 4.79 Å². The van der Waals surface area contributed by atoms with Crippen LogP contribution in [0.15, 0.2) is 18.3 Å². The Balaban J connectivity index is 1.49. The van der Waals surface area contributed by atoms with Gasteiger partial charge in [-0.25, -0.2) is 4.98 Å². The Labute approximate surface area is 156 Å². The summed E-state index contributed by atoms with van der Waals surface area (Å²) in [5.74, 6) is -0.838. The summed E-state index contributed by atoms with van der Waals surface area (Å²) in [7, 11) is 0. The van der Waals surface area contributed by atoms with E-state index in [0.717, 1.165) is 5.82 Å². The third-order valence-corrected chi connectivity index (χ3v) is 5.55. The number of pyridine rings is 1. The lowest BCUT2D eigenvalue weighted by Crippen LogP contribution is -2.46. The quantitative estimate of drug-likeness (QED) is 0.873. The second-order valence-corrected chi connectivity index (χ2v) is 7.39. The zero-order valence-corrected chi connectivity index (χ0v) is 15.0. The van der Waals surface area contributed by atoms with E-state index in [2.05, 4.69) is 15.2 Å². The number of alkyl halides is 3. The molecule has 0 radical (unpaired) electrons. The van der Waals surface area contributed by atoms with Gasteiger partial charge in [-0.3, -0.25) is 4.79 Å². The molecule has 1 saturated heterocycles. The SMILES string of the molecule is N#Cc1ccc(N2CCC(C(=O)NC3CCCC(C(F)(F)F)C3)CC2)nc1. The van der Waals surface area contributed by atoms with Crippen molar-refractivity contribution in [1.29, 1.82) is 5.26 Å². The average molecular weight is 380 g/mol. The molecule has 2 heterocycles. The molecule has 2 atom stereocenters. The van der Waals surface area contributed by atoms with Gasteiger partial charge in [-0.15, -0.1) is 0 Å². The van der Waals surface area contributed by atoms with Gasteiger partial charge in [0.15, 0.2) is 0 Å². The standard InChI is InChI=1S/C19H23F3N4O/c20-19(21,22)15-2-1-3-16(10-15)25-18(27)14-6-8-26(9-7-14)17-5-4-13(11-23)12-24-17/h4-5,12,14-16H,1-3,6-10H2,(H,25,27). The van der Waals surface area contributed by atoms with Crippen LogP contribution in [0.25, 0.3) is 0 Å². The third kappa shape index (κ3) is 4.90. The van der Waals surface area contributed by atoms with Crippen LogP contribution in [0.5, 0.6) is 0 Å². The smallest absolute Gasteiger partial charge is 0.357 e. The number of carbonyl (C=O) groups is 1. The van der Waals surface area contributed by atoms with E-state index in [1.165, 1.54) is 6.20 Å². The van der Waals surface area contributed by atoms with Gasteiger partial charge in [-0.1, -0.05) is 6.42 Å². The van der Waals surface area contributed by atoms with Crippen molar-refractivity contribution in [2.24, 2.45) is 11.8 Å². The topological polar surface area (TPSA) is 69.0 Å². The van der Waals surface area contributed by atoms with E-state index in [1.807, 2.05) is 6.07 Å². The monoisotopic (exact) mass is 380 g/mol. The van der Waals surface area contributed by atoms with Crippen LogP contribution < -0.4 is 10.2 Å². The fraction of sp³-hybridized carbons (Fsp3) is 0.632. The van der Waals surface area contributed by atoms with Gasteiger partial charge in [0.05, 0.1) is 11.5 Å². The van der Waals surface area contributed by atoms with Crippen molar-refractivity contribution in [3.63, 3.8) is 0 Å². The predicted molar refractivity (Wildman–Crippen MR) is 93.8 cm³/mol. The van der Waals surface area contributed by atoms with Crippen LogP contribution in [0.4, 0.5) is 19.0 Å². The van der Waals surface area contributed by atoms with Crippen molar-refractivity contribution in [2.75, 3.05) is 18.0 Å². The van der Waals surface area contributed by atoms with Gasteiger partial charge in [-0.2, -0.15) is 18.4 Å². The van der Waals surface area contributed by atoms with Gasteiger partial charge in [0, 0.05) is 31.2 Å². The first-order chi connectivity index (χ1) is 12.9. The zero-order chi connectivity index (χ0) is 19.4. The van der Waals surface area contributed by atoms with Gasteiger partial charge < -0.3 is 10.2 Å². The lowest BCUT2D eigenvalue weighted by atomic mass is 9.84. The molecule has 2 aliphatic rings. The first kappa shape index (κ1) is 19.5. The number of nitrogens with zero attached hydrogens (tertiary/aromatic N) is 3. The van der Waals surface area contributed by atoms with E-state index in [9.17, 15) is 18.0 Å². The number of rotatable bonds is 3. The van der Waals surface area contributed by atoms with Crippen LogP contribution in [0.1, 0.15) is 44.1 Å². The second kappa shape index (κ2) is 8.15. The summed E-state index contributed by atoms with van der Waals surface area (Å²) < 4.78 is 38.8. The number of amides is 1.